The molecule has 0 atom stereocenters. The minimum Gasteiger partial charge on any atom is -0.268 e. The number of thioether (sulfide) groups is 1. The first kappa shape index (κ1) is 23.9. The summed E-state index contributed by atoms with van der Waals surface area (Å²) in [6.07, 6.45) is 1.54. The van der Waals surface area contributed by atoms with Crippen molar-refractivity contribution in [1.29, 1.82) is 0 Å². The van der Waals surface area contributed by atoms with Crippen molar-refractivity contribution < 1.29 is 14.6 Å². The summed E-state index contributed by atoms with van der Waals surface area (Å²) < 4.78 is 0.259. The maximum atomic E-state index is 13.0. The quantitative estimate of drug-likeness (QED) is 0.150. The van der Waals surface area contributed by atoms with Gasteiger partial charge in [-0.25, -0.2) is 0 Å². The van der Waals surface area contributed by atoms with Gasteiger partial charge in [-0.15, -0.1) is 0 Å². The smallest absolute Gasteiger partial charge is 0.268 e. The van der Waals surface area contributed by atoms with Crippen LogP contribution in [0.2, 0.25) is 5.02 Å². The first-order valence-corrected chi connectivity index (χ1v) is 11.9. The van der Waals surface area contributed by atoms with Crippen molar-refractivity contribution in [2.75, 3.05) is 4.90 Å². The standard InChI is InChI=1S/C22H12ClN3O5S3/c23-14-2-8-17(9-3-14)33-19-10-1-13(11-18(19)26(30)31)12-20-21(27)24(22(32)34-20)15-4-6-16(7-5-15)25(28)29/h1-12H. The molecule has 170 valence electrons. The minimum atomic E-state index is -0.532. The molecule has 1 aliphatic rings. The van der Waals surface area contributed by atoms with Crippen LogP contribution in [0.5, 0.6) is 0 Å². The Morgan fingerprint density at radius 3 is 2.26 bits per heavy atom. The number of non-ortho nitro benzene ring substituents is 1. The third-order valence-corrected chi connectivity index (χ3v) is 7.26. The topological polar surface area (TPSA) is 107 Å². The largest absolute Gasteiger partial charge is 0.283 e. The van der Waals surface area contributed by atoms with Gasteiger partial charge in [0.25, 0.3) is 17.3 Å². The van der Waals surface area contributed by atoms with Gasteiger partial charge in [0.15, 0.2) is 4.32 Å². The van der Waals surface area contributed by atoms with Crippen LogP contribution in [-0.4, -0.2) is 20.1 Å². The summed E-state index contributed by atoms with van der Waals surface area (Å²) in [4.78, 5) is 37.3. The van der Waals surface area contributed by atoms with Crippen molar-refractivity contribution in [2.45, 2.75) is 9.79 Å². The first-order valence-electron chi connectivity index (χ1n) is 9.47. The van der Waals surface area contributed by atoms with E-state index in [-0.39, 0.29) is 20.6 Å². The molecule has 12 heteroatoms. The molecule has 8 nitrogen and oxygen atoms in total. The summed E-state index contributed by atoms with van der Waals surface area (Å²) in [6, 6.07) is 17.1. The van der Waals surface area contributed by atoms with E-state index in [1.54, 1.807) is 36.4 Å². The molecule has 1 aliphatic heterocycles. The van der Waals surface area contributed by atoms with Crippen LogP contribution in [-0.2, 0) is 4.79 Å². The van der Waals surface area contributed by atoms with E-state index in [1.165, 1.54) is 53.1 Å². The van der Waals surface area contributed by atoms with Crippen molar-refractivity contribution >= 4 is 80.7 Å². The lowest BCUT2D eigenvalue weighted by molar-refractivity contribution is -0.387. The number of carbonyl (C=O) groups excluding carboxylic acids is 1. The Morgan fingerprint density at radius 2 is 1.65 bits per heavy atom. The van der Waals surface area contributed by atoms with Crippen molar-refractivity contribution in [2.24, 2.45) is 0 Å². The lowest BCUT2D eigenvalue weighted by Gasteiger charge is -2.13. The van der Waals surface area contributed by atoms with Gasteiger partial charge >= 0.3 is 0 Å². The third-order valence-electron chi connectivity index (χ3n) is 4.63. The van der Waals surface area contributed by atoms with Crippen molar-refractivity contribution in [3.8, 4) is 0 Å². The zero-order valence-electron chi connectivity index (χ0n) is 16.9. The number of nitrogens with zero attached hydrogens (tertiary/aromatic N) is 3. The number of thiocarbonyl (C=S) groups is 1. The fourth-order valence-corrected chi connectivity index (χ4v) is 5.37. The third kappa shape index (κ3) is 5.12. The van der Waals surface area contributed by atoms with Crippen molar-refractivity contribution in [1.82, 2.24) is 0 Å². The maximum absolute atomic E-state index is 13.0. The molecule has 0 spiro atoms. The second-order valence-electron chi connectivity index (χ2n) is 6.83. The highest BCUT2D eigenvalue weighted by molar-refractivity contribution is 8.27. The number of hydrogen-bond donors (Lipinski definition) is 0. The van der Waals surface area contributed by atoms with Crippen LogP contribution in [0.4, 0.5) is 17.1 Å². The Bertz CT molecular complexity index is 1360. The Kier molecular flexibility index (Phi) is 6.98. The summed E-state index contributed by atoms with van der Waals surface area (Å²) >= 11 is 13.5. The Hall–Kier alpha value is -3.25. The average Bonchev–Trinajstić information content (AvgIpc) is 3.08. The highest BCUT2D eigenvalue weighted by Crippen LogP contribution is 2.39. The lowest BCUT2D eigenvalue weighted by Crippen LogP contribution is -2.27. The van der Waals surface area contributed by atoms with Gasteiger partial charge in [-0.3, -0.25) is 29.9 Å². The Balaban J connectivity index is 1.60. The number of hydrogen-bond acceptors (Lipinski definition) is 8. The van der Waals surface area contributed by atoms with Crippen LogP contribution in [0, 0.1) is 20.2 Å². The molecule has 0 bridgehead atoms. The van der Waals surface area contributed by atoms with Gasteiger partial charge in [-0.2, -0.15) is 0 Å². The van der Waals surface area contributed by atoms with Crippen molar-refractivity contribution in [3.05, 3.63) is 102 Å². The van der Waals surface area contributed by atoms with Crippen LogP contribution in [0.25, 0.3) is 6.08 Å². The molecule has 1 heterocycles. The van der Waals surface area contributed by atoms with Gasteiger partial charge in [0.1, 0.15) is 0 Å². The van der Waals surface area contributed by atoms with E-state index in [2.05, 4.69) is 0 Å². The van der Waals surface area contributed by atoms with Crippen molar-refractivity contribution in [3.63, 3.8) is 0 Å². The van der Waals surface area contributed by atoms with E-state index in [4.69, 9.17) is 23.8 Å². The summed E-state index contributed by atoms with van der Waals surface area (Å²) in [5.74, 6) is -0.411. The normalized spacial score (nSPS) is 14.6. The van der Waals surface area contributed by atoms with E-state index in [0.29, 0.717) is 21.2 Å². The molecule has 0 saturated carbocycles. The number of benzene rings is 3. The van der Waals surface area contributed by atoms with Crippen LogP contribution in [0.3, 0.4) is 0 Å². The van der Waals surface area contributed by atoms with Crippen LogP contribution < -0.4 is 4.90 Å². The van der Waals surface area contributed by atoms with Crippen LogP contribution in [0.1, 0.15) is 5.56 Å². The van der Waals surface area contributed by atoms with Gasteiger partial charge in [0, 0.05) is 28.1 Å². The number of nitro benzene ring substituents is 2. The van der Waals surface area contributed by atoms with Gasteiger partial charge < -0.3 is 0 Å². The van der Waals surface area contributed by atoms with Gasteiger partial charge in [-0.1, -0.05) is 53.4 Å². The summed E-state index contributed by atoms with van der Waals surface area (Å²) in [5.41, 5.74) is 0.668. The average molecular weight is 530 g/mol. The highest BCUT2D eigenvalue weighted by Gasteiger charge is 2.33. The highest BCUT2D eigenvalue weighted by atomic mass is 35.5. The fraction of sp³-hybridized carbons (Fsp3) is 0. The molecule has 1 amide bonds. The monoisotopic (exact) mass is 529 g/mol. The molecule has 0 aliphatic carbocycles. The lowest BCUT2D eigenvalue weighted by atomic mass is 10.2. The molecule has 3 aromatic carbocycles. The van der Waals surface area contributed by atoms with Gasteiger partial charge in [-0.05, 0) is 54.1 Å². The second kappa shape index (κ2) is 9.94. The molecule has 4 rings (SSSR count). The number of rotatable bonds is 6. The zero-order valence-corrected chi connectivity index (χ0v) is 20.1. The first-order chi connectivity index (χ1) is 16.2. The van der Waals surface area contributed by atoms with E-state index >= 15 is 0 Å². The molecular weight excluding hydrogens is 518 g/mol. The van der Waals surface area contributed by atoms with Gasteiger partial charge in [0.2, 0.25) is 0 Å². The minimum absolute atomic E-state index is 0.0976. The Morgan fingerprint density at radius 1 is 0.971 bits per heavy atom. The van der Waals surface area contributed by atoms with Crippen LogP contribution >= 0.6 is 47.3 Å². The number of nitro groups is 2. The van der Waals surface area contributed by atoms with E-state index in [1.807, 2.05) is 0 Å². The van der Waals surface area contributed by atoms with E-state index < -0.39 is 15.8 Å². The molecular formula is C22H12ClN3O5S3. The summed E-state index contributed by atoms with van der Waals surface area (Å²) in [5, 5.41) is 23.1. The van der Waals surface area contributed by atoms with E-state index in [9.17, 15) is 25.0 Å². The summed E-state index contributed by atoms with van der Waals surface area (Å²) in [7, 11) is 0. The number of anilines is 1. The second-order valence-corrected chi connectivity index (χ2v) is 10.1. The number of amides is 1. The number of halogens is 1. The fourth-order valence-electron chi connectivity index (χ4n) is 3.05. The molecule has 3 aromatic rings. The number of carbonyl (C=O) groups is 1. The molecule has 0 unspecified atom stereocenters. The predicted molar refractivity (Wildman–Crippen MR) is 137 cm³/mol. The maximum Gasteiger partial charge on any atom is 0.283 e. The predicted octanol–water partition coefficient (Wildman–Crippen LogP) is 6.71. The molecule has 34 heavy (non-hydrogen) atoms. The van der Waals surface area contributed by atoms with E-state index in [0.717, 1.165) is 16.7 Å². The molecule has 1 fully saturated rings. The summed E-state index contributed by atoms with van der Waals surface area (Å²) in [6.45, 7) is 0. The zero-order chi connectivity index (χ0) is 24.4. The SMILES string of the molecule is O=C1C(=Cc2ccc(Sc3ccc(Cl)cc3)c([N+](=O)[O-])c2)SC(=S)N1c1ccc([N+](=O)[O-])cc1. The van der Waals surface area contributed by atoms with Crippen LogP contribution in [0.15, 0.2) is 81.4 Å². The molecule has 0 aromatic heterocycles. The molecule has 0 radical (unpaired) electrons. The Labute approximate surface area is 211 Å². The molecule has 1 saturated heterocycles. The van der Waals surface area contributed by atoms with Gasteiger partial charge in [0.05, 0.1) is 25.3 Å². The molecule has 0 N–H and O–H groups in total.